The molecule has 1 heterocycles. The van der Waals surface area contributed by atoms with Crippen molar-refractivity contribution in [2.24, 2.45) is 0 Å². The van der Waals surface area contributed by atoms with Crippen LogP contribution in [0.3, 0.4) is 0 Å². The zero-order valence-corrected chi connectivity index (χ0v) is 17.2. The third-order valence-electron chi connectivity index (χ3n) is 5.68. The first kappa shape index (κ1) is 19.9. The van der Waals surface area contributed by atoms with Crippen molar-refractivity contribution in [3.63, 3.8) is 0 Å². The quantitative estimate of drug-likeness (QED) is 0.743. The lowest BCUT2D eigenvalue weighted by Crippen LogP contribution is -2.53. The van der Waals surface area contributed by atoms with Crippen molar-refractivity contribution in [3.8, 4) is 5.75 Å². The number of ether oxygens (including phenoxy) is 1. The molecule has 7 heteroatoms. The van der Waals surface area contributed by atoms with Gasteiger partial charge in [-0.25, -0.2) is 8.42 Å². The molecule has 1 aromatic rings. The average molecular weight is 415 g/mol. The lowest BCUT2D eigenvalue weighted by molar-refractivity contribution is -0.134. The van der Waals surface area contributed by atoms with Gasteiger partial charge in [-0.15, -0.1) is 0 Å². The van der Waals surface area contributed by atoms with Crippen LogP contribution in [0.4, 0.5) is 0 Å². The number of amides is 1. The van der Waals surface area contributed by atoms with Crippen LogP contribution in [-0.2, 0) is 14.8 Å². The molecule has 0 radical (unpaired) electrons. The highest BCUT2D eigenvalue weighted by atomic mass is 32.2. The molecule has 1 amide bonds. The number of carbonyl (C=O) groups excluding carboxylic acids is 1. The molecular formula is C22H26N2O4S. The average Bonchev–Trinajstić information content (AvgIpc) is 2.78. The number of rotatable bonds is 5. The normalized spacial score (nSPS) is 22.5. The summed E-state index contributed by atoms with van der Waals surface area (Å²) in [5.41, 5.74) is 2.08. The maximum Gasteiger partial charge on any atom is 0.260 e. The molecule has 1 atom stereocenters. The van der Waals surface area contributed by atoms with Gasteiger partial charge >= 0.3 is 0 Å². The number of allylic oxidation sites excluding steroid dienone is 5. The van der Waals surface area contributed by atoms with Crippen LogP contribution in [0.15, 0.2) is 65.8 Å². The molecule has 154 valence electrons. The molecule has 1 saturated heterocycles. The molecule has 0 saturated carbocycles. The van der Waals surface area contributed by atoms with Crippen LogP contribution in [0.1, 0.15) is 19.3 Å². The number of hydrogen-bond donors (Lipinski definition) is 0. The Balaban J connectivity index is 1.35. The Bertz CT molecular complexity index is 942. The Morgan fingerprint density at radius 1 is 1.03 bits per heavy atom. The molecule has 1 fully saturated rings. The Hall–Kier alpha value is -2.38. The van der Waals surface area contributed by atoms with Crippen molar-refractivity contribution in [1.82, 2.24) is 9.21 Å². The number of piperazine rings is 1. The van der Waals surface area contributed by atoms with E-state index in [-0.39, 0.29) is 12.5 Å². The van der Waals surface area contributed by atoms with Gasteiger partial charge in [0.2, 0.25) is 10.0 Å². The van der Waals surface area contributed by atoms with Gasteiger partial charge in [0.25, 0.3) is 5.91 Å². The summed E-state index contributed by atoms with van der Waals surface area (Å²) < 4.78 is 33.6. The third-order valence-corrected chi connectivity index (χ3v) is 7.93. The highest BCUT2D eigenvalue weighted by Crippen LogP contribution is 2.33. The zero-order valence-electron chi connectivity index (χ0n) is 16.4. The first-order valence-electron chi connectivity index (χ1n) is 10.1. The van der Waals surface area contributed by atoms with E-state index in [1.807, 2.05) is 30.4 Å². The molecule has 0 aromatic heterocycles. The summed E-state index contributed by atoms with van der Waals surface area (Å²) in [6, 6.07) is 9.20. The molecule has 2 aliphatic carbocycles. The minimum atomic E-state index is -3.46. The summed E-state index contributed by atoms with van der Waals surface area (Å²) in [7, 11) is -3.46. The van der Waals surface area contributed by atoms with Crippen LogP contribution in [0, 0.1) is 0 Å². The Kier molecular flexibility index (Phi) is 5.87. The lowest BCUT2D eigenvalue weighted by Gasteiger charge is -2.37. The number of hydrogen-bond acceptors (Lipinski definition) is 4. The molecular weight excluding hydrogens is 388 g/mol. The van der Waals surface area contributed by atoms with Gasteiger partial charge < -0.3 is 9.64 Å². The third kappa shape index (κ3) is 4.31. The highest BCUT2D eigenvalue weighted by molar-refractivity contribution is 7.90. The van der Waals surface area contributed by atoms with Crippen molar-refractivity contribution in [3.05, 3.63) is 65.8 Å². The van der Waals surface area contributed by atoms with Crippen molar-refractivity contribution in [2.75, 3.05) is 32.8 Å². The van der Waals surface area contributed by atoms with E-state index in [1.165, 1.54) is 0 Å². The fraction of sp³-hybridized carbons (Fsp3) is 0.409. The topological polar surface area (TPSA) is 66.9 Å². The summed E-state index contributed by atoms with van der Waals surface area (Å²) in [6.07, 6.45) is 10.4. The van der Waals surface area contributed by atoms with Gasteiger partial charge in [0.15, 0.2) is 6.61 Å². The molecule has 29 heavy (non-hydrogen) atoms. The maximum absolute atomic E-state index is 13.3. The van der Waals surface area contributed by atoms with Crippen molar-refractivity contribution >= 4 is 15.9 Å². The first-order chi connectivity index (χ1) is 14.1. The minimum absolute atomic E-state index is 0.0365. The molecule has 0 bridgehead atoms. The number of nitrogens with zero attached hydrogens (tertiary/aromatic N) is 2. The maximum atomic E-state index is 13.3. The second-order valence-electron chi connectivity index (χ2n) is 7.47. The van der Waals surface area contributed by atoms with E-state index in [2.05, 4.69) is 12.2 Å². The summed E-state index contributed by atoms with van der Waals surface area (Å²) in [6.45, 7) is 1.39. The predicted octanol–water partition coefficient (Wildman–Crippen LogP) is 2.51. The fourth-order valence-corrected chi connectivity index (χ4v) is 6.00. The van der Waals surface area contributed by atoms with Crippen molar-refractivity contribution in [2.45, 2.75) is 24.5 Å². The number of para-hydroxylation sites is 1. The van der Waals surface area contributed by atoms with Crippen LogP contribution in [0.25, 0.3) is 0 Å². The largest absolute Gasteiger partial charge is 0.484 e. The Morgan fingerprint density at radius 3 is 2.55 bits per heavy atom. The molecule has 4 rings (SSSR count). The minimum Gasteiger partial charge on any atom is -0.484 e. The number of benzene rings is 1. The summed E-state index contributed by atoms with van der Waals surface area (Å²) in [5.74, 6) is 0.531. The molecule has 1 aromatic carbocycles. The van der Waals surface area contributed by atoms with E-state index in [0.717, 1.165) is 24.0 Å². The lowest BCUT2D eigenvalue weighted by atomic mass is 9.90. The Morgan fingerprint density at radius 2 is 1.79 bits per heavy atom. The standard InChI is InChI=1S/C22H26N2O4S/c25-22(17-28-19-9-2-1-3-10-19)23-13-15-24(16-14-23)29(26,27)21-12-6-8-18-7-4-5-11-20(18)21/h1-3,5-6,8-11,21H,4,7,12-17H2. The van der Waals surface area contributed by atoms with Gasteiger partial charge in [0, 0.05) is 26.2 Å². The van der Waals surface area contributed by atoms with Crippen LogP contribution >= 0.6 is 0 Å². The zero-order chi connectivity index (χ0) is 20.3. The smallest absolute Gasteiger partial charge is 0.260 e. The molecule has 1 unspecified atom stereocenters. The molecule has 3 aliphatic rings. The van der Waals surface area contributed by atoms with Gasteiger partial charge in [-0.2, -0.15) is 4.31 Å². The SMILES string of the molecule is O=C(COc1ccccc1)N1CCN(S(=O)(=O)C2CC=CC3=C2C=CCC3)CC1. The van der Waals surface area contributed by atoms with E-state index in [1.54, 1.807) is 21.3 Å². The molecule has 6 nitrogen and oxygen atoms in total. The van der Waals surface area contributed by atoms with Gasteiger partial charge in [0.05, 0.1) is 0 Å². The van der Waals surface area contributed by atoms with E-state index >= 15 is 0 Å². The van der Waals surface area contributed by atoms with Crippen LogP contribution in [0.5, 0.6) is 5.75 Å². The second-order valence-corrected chi connectivity index (χ2v) is 9.59. The molecule has 1 aliphatic heterocycles. The van der Waals surface area contributed by atoms with E-state index in [4.69, 9.17) is 4.74 Å². The van der Waals surface area contributed by atoms with Gasteiger partial charge in [-0.05, 0) is 42.5 Å². The van der Waals surface area contributed by atoms with Gasteiger partial charge in [-0.3, -0.25) is 4.79 Å². The number of sulfonamides is 1. The summed E-state index contributed by atoms with van der Waals surface area (Å²) in [5, 5.41) is -0.511. The van der Waals surface area contributed by atoms with Crippen molar-refractivity contribution < 1.29 is 17.9 Å². The second kappa shape index (κ2) is 8.55. The van der Waals surface area contributed by atoms with E-state index in [9.17, 15) is 13.2 Å². The fourth-order valence-electron chi connectivity index (χ4n) is 4.06. The summed E-state index contributed by atoms with van der Waals surface area (Å²) >= 11 is 0. The first-order valence-corrected chi connectivity index (χ1v) is 11.6. The van der Waals surface area contributed by atoms with E-state index in [0.29, 0.717) is 38.3 Å². The van der Waals surface area contributed by atoms with Crippen LogP contribution in [0.2, 0.25) is 0 Å². The van der Waals surface area contributed by atoms with Gasteiger partial charge in [-0.1, -0.05) is 42.5 Å². The monoisotopic (exact) mass is 414 g/mol. The van der Waals surface area contributed by atoms with E-state index < -0.39 is 15.3 Å². The van der Waals surface area contributed by atoms with Crippen LogP contribution in [-0.4, -0.2) is 61.6 Å². The van der Waals surface area contributed by atoms with Gasteiger partial charge in [0.1, 0.15) is 11.0 Å². The molecule has 0 N–H and O–H groups in total. The number of carbonyl (C=O) groups is 1. The predicted molar refractivity (Wildman–Crippen MR) is 112 cm³/mol. The Labute approximate surface area is 172 Å². The van der Waals surface area contributed by atoms with Crippen molar-refractivity contribution in [1.29, 1.82) is 0 Å². The van der Waals surface area contributed by atoms with Crippen LogP contribution < -0.4 is 4.74 Å². The molecule has 0 spiro atoms. The summed E-state index contributed by atoms with van der Waals surface area (Å²) in [4.78, 5) is 14.1. The highest BCUT2D eigenvalue weighted by Gasteiger charge is 2.37.